The van der Waals surface area contributed by atoms with E-state index in [-0.39, 0.29) is 11.8 Å². The third-order valence-corrected chi connectivity index (χ3v) is 4.82. The molecule has 3 rings (SSSR count). The standard InChI is InChI=1S/C19H17Cl2FN2O2/c1-12-2-3-13(10-17(12)22)18(25)23-4-6-24(7-5-23)19(26)14-8-15(20)11-16(21)9-14/h2-3,8-11H,4-7H2,1H3. The summed E-state index contributed by atoms with van der Waals surface area (Å²) in [6.07, 6.45) is 0. The summed E-state index contributed by atoms with van der Waals surface area (Å²) in [6.45, 7) is 3.20. The summed E-state index contributed by atoms with van der Waals surface area (Å²) >= 11 is 11.9. The highest BCUT2D eigenvalue weighted by Gasteiger charge is 2.26. The third kappa shape index (κ3) is 4.00. The van der Waals surface area contributed by atoms with Crippen molar-refractivity contribution in [1.29, 1.82) is 0 Å². The van der Waals surface area contributed by atoms with Crippen LogP contribution in [-0.4, -0.2) is 47.8 Å². The first-order chi connectivity index (χ1) is 12.3. The molecule has 2 aromatic carbocycles. The number of carbonyl (C=O) groups is 2. The van der Waals surface area contributed by atoms with Crippen LogP contribution in [-0.2, 0) is 0 Å². The molecule has 2 aromatic rings. The number of hydrogen-bond donors (Lipinski definition) is 0. The molecule has 136 valence electrons. The molecule has 0 bridgehead atoms. The van der Waals surface area contributed by atoms with E-state index in [1.165, 1.54) is 6.07 Å². The molecule has 0 aliphatic carbocycles. The van der Waals surface area contributed by atoms with Gasteiger partial charge in [0.15, 0.2) is 0 Å². The second kappa shape index (κ2) is 7.64. The lowest BCUT2D eigenvalue weighted by atomic mass is 10.1. The zero-order chi connectivity index (χ0) is 18.8. The number of amides is 2. The molecule has 1 aliphatic heterocycles. The normalized spacial score (nSPS) is 14.5. The molecule has 0 saturated carbocycles. The summed E-state index contributed by atoms with van der Waals surface area (Å²) in [5, 5.41) is 0.798. The Labute approximate surface area is 161 Å². The van der Waals surface area contributed by atoms with Gasteiger partial charge in [0.1, 0.15) is 5.82 Å². The number of rotatable bonds is 2. The molecule has 7 heteroatoms. The van der Waals surface area contributed by atoms with E-state index in [2.05, 4.69) is 0 Å². The summed E-state index contributed by atoms with van der Waals surface area (Å²) < 4.78 is 13.7. The van der Waals surface area contributed by atoms with Crippen LogP contribution in [0.4, 0.5) is 4.39 Å². The molecule has 0 unspecified atom stereocenters. The quantitative estimate of drug-likeness (QED) is 0.770. The van der Waals surface area contributed by atoms with Gasteiger partial charge in [-0.2, -0.15) is 0 Å². The number of aryl methyl sites for hydroxylation is 1. The van der Waals surface area contributed by atoms with Gasteiger partial charge in [0.05, 0.1) is 0 Å². The molecule has 1 fully saturated rings. The molecule has 1 heterocycles. The van der Waals surface area contributed by atoms with Gasteiger partial charge in [0, 0.05) is 47.4 Å². The van der Waals surface area contributed by atoms with Crippen LogP contribution in [0.3, 0.4) is 0 Å². The summed E-state index contributed by atoms with van der Waals surface area (Å²) in [5.41, 5.74) is 1.23. The van der Waals surface area contributed by atoms with Gasteiger partial charge in [-0.1, -0.05) is 29.3 Å². The van der Waals surface area contributed by atoms with Crippen molar-refractivity contribution in [1.82, 2.24) is 9.80 Å². The lowest BCUT2D eigenvalue weighted by molar-refractivity contribution is 0.0535. The fourth-order valence-corrected chi connectivity index (χ4v) is 3.41. The average Bonchev–Trinajstić information content (AvgIpc) is 2.62. The van der Waals surface area contributed by atoms with Crippen molar-refractivity contribution in [3.05, 3.63) is 69.0 Å². The minimum Gasteiger partial charge on any atom is -0.335 e. The van der Waals surface area contributed by atoms with E-state index in [1.54, 1.807) is 47.1 Å². The molecule has 0 atom stereocenters. The monoisotopic (exact) mass is 394 g/mol. The van der Waals surface area contributed by atoms with Crippen molar-refractivity contribution in [3.8, 4) is 0 Å². The molecule has 26 heavy (non-hydrogen) atoms. The largest absolute Gasteiger partial charge is 0.335 e. The number of benzene rings is 2. The van der Waals surface area contributed by atoms with Gasteiger partial charge in [-0.15, -0.1) is 0 Å². The van der Waals surface area contributed by atoms with Crippen LogP contribution in [0.25, 0.3) is 0 Å². The summed E-state index contributed by atoms with van der Waals surface area (Å²) in [5.74, 6) is -0.813. The first-order valence-corrected chi connectivity index (χ1v) is 8.91. The van der Waals surface area contributed by atoms with Crippen molar-refractivity contribution >= 4 is 35.0 Å². The molecular weight excluding hydrogens is 378 g/mol. The van der Waals surface area contributed by atoms with E-state index >= 15 is 0 Å². The summed E-state index contributed by atoms with van der Waals surface area (Å²) in [4.78, 5) is 28.4. The lowest BCUT2D eigenvalue weighted by Gasteiger charge is -2.35. The van der Waals surface area contributed by atoms with Gasteiger partial charge in [-0.3, -0.25) is 9.59 Å². The Kier molecular flexibility index (Phi) is 5.49. The van der Waals surface area contributed by atoms with Crippen molar-refractivity contribution in [2.75, 3.05) is 26.2 Å². The number of piperazine rings is 1. The SMILES string of the molecule is Cc1ccc(C(=O)N2CCN(C(=O)c3cc(Cl)cc(Cl)c3)CC2)cc1F. The lowest BCUT2D eigenvalue weighted by Crippen LogP contribution is -2.50. The predicted molar refractivity (Wildman–Crippen MR) is 99.4 cm³/mol. The van der Waals surface area contributed by atoms with Crippen LogP contribution in [0.5, 0.6) is 0 Å². The first kappa shape index (κ1) is 18.7. The van der Waals surface area contributed by atoms with Crippen LogP contribution >= 0.6 is 23.2 Å². The van der Waals surface area contributed by atoms with Gasteiger partial charge in [-0.25, -0.2) is 4.39 Å². The Morgan fingerprint density at radius 2 is 1.35 bits per heavy atom. The van der Waals surface area contributed by atoms with Crippen molar-refractivity contribution < 1.29 is 14.0 Å². The third-order valence-electron chi connectivity index (χ3n) is 4.38. The van der Waals surface area contributed by atoms with Crippen LogP contribution in [0.2, 0.25) is 10.0 Å². The molecule has 1 saturated heterocycles. The smallest absolute Gasteiger partial charge is 0.254 e. The van der Waals surface area contributed by atoms with E-state index in [0.29, 0.717) is 52.9 Å². The maximum atomic E-state index is 13.7. The van der Waals surface area contributed by atoms with Crippen molar-refractivity contribution in [2.45, 2.75) is 6.92 Å². The highest BCUT2D eigenvalue weighted by Crippen LogP contribution is 2.21. The van der Waals surface area contributed by atoms with Gasteiger partial charge >= 0.3 is 0 Å². The van der Waals surface area contributed by atoms with Crippen LogP contribution in [0.1, 0.15) is 26.3 Å². The van der Waals surface area contributed by atoms with E-state index < -0.39 is 5.82 Å². The van der Waals surface area contributed by atoms with Crippen LogP contribution in [0.15, 0.2) is 36.4 Å². The minimum atomic E-state index is -0.400. The van der Waals surface area contributed by atoms with E-state index in [9.17, 15) is 14.0 Å². The minimum absolute atomic E-state index is 0.178. The second-order valence-electron chi connectivity index (χ2n) is 6.21. The van der Waals surface area contributed by atoms with Crippen LogP contribution < -0.4 is 0 Å². The van der Waals surface area contributed by atoms with Gasteiger partial charge in [-0.05, 0) is 42.8 Å². The molecular formula is C19H17Cl2FN2O2. The van der Waals surface area contributed by atoms with Gasteiger partial charge in [0.2, 0.25) is 0 Å². The van der Waals surface area contributed by atoms with Gasteiger partial charge < -0.3 is 9.80 Å². The number of carbonyl (C=O) groups excluding carboxylic acids is 2. The highest BCUT2D eigenvalue weighted by molar-refractivity contribution is 6.35. The van der Waals surface area contributed by atoms with Crippen molar-refractivity contribution in [3.63, 3.8) is 0 Å². The van der Waals surface area contributed by atoms with E-state index in [0.717, 1.165) is 0 Å². The maximum absolute atomic E-state index is 13.7. The second-order valence-corrected chi connectivity index (χ2v) is 7.08. The predicted octanol–water partition coefficient (Wildman–Crippen LogP) is 4.04. The molecule has 2 amide bonds. The molecule has 0 N–H and O–H groups in total. The summed E-state index contributed by atoms with van der Waals surface area (Å²) in [7, 11) is 0. The molecule has 4 nitrogen and oxygen atoms in total. The fraction of sp³-hybridized carbons (Fsp3) is 0.263. The highest BCUT2D eigenvalue weighted by atomic mass is 35.5. The number of halogens is 3. The Balaban J connectivity index is 1.65. The topological polar surface area (TPSA) is 40.6 Å². The Morgan fingerprint density at radius 1 is 0.846 bits per heavy atom. The Bertz CT molecular complexity index is 844. The molecule has 0 radical (unpaired) electrons. The molecule has 1 aliphatic rings. The first-order valence-electron chi connectivity index (χ1n) is 8.16. The van der Waals surface area contributed by atoms with Gasteiger partial charge in [0.25, 0.3) is 11.8 Å². The number of nitrogens with zero attached hydrogens (tertiary/aromatic N) is 2. The zero-order valence-corrected chi connectivity index (χ0v) is 15.6. The van der Waals surface area contributed by atoms with E-state index in [1.807, 2.05) is 0 Å². The molecule has 0 aromatic heterocycles. The van der Waals surface area contributed by atoms with E-state index in [4.69, 9.17) is 23.2 Å². The zero-order valence-electron chi connectivity index (χ0n) is 14.1. The number of hydrogen-bond acceptors (Lipinski definition) is 2. The fourth-order valence-electron chi connectivity index (χ4n) is 2.88. The maximum Gasteiger partial charge on any atom is 0.254 e. The summed E-state index contributed by atoms with van der Waals surface area (Å²) in [6, 6.07) is 9.17. The molecule has 0 spiro atoms. The van der Waals surface area contributed by atoms with Crippen molar-refractivity contribution in [2.24, 2.45) is 0 Å². The Morgan fingerprint density at radius 3 is 1.85 bits per heavy atom. The van der Waals surface area contributed by atoms with Crippen LogP contribution in [0, 0.1) is 12.7 Å². The Hall–Kier alpha value is -2.11. The average molecular weight is 395 g/mol.